The first kappa shape index (κ1) is 8.02. The summed E-state index contributed by atoms with van der Waals surface area (Å²) in [4.78, 5) is 0. The van der Waals surface area contributed by atoms with E-state index in [9.17, 15) is 0 Å². The predicted octanol–water partition coefficient (Wildman–Crippen LogP) is 2.28. The van der Waals surface area contributed by atoms with Gasteiger partial charge >= 0.3 is 0 Å². The minimum atomic E-state index is 0.533. The Morgan fingerprint density at radius 3 is 2.44 bits per heavy atom. The average Bonchev–Trinajstić information content (AvgIpc) is 1.83. The van der Waals surface area contributed by atoms with Crippen molar-refractivity contribution in [3.05, 3.63) is 37.1 Å². The summed E-state index contributed by atoms with van der Waals surface area (Å²) in [5.41, 5.74) is 0.984. The van der Waals surface area contributed by atoms with E-state index in [0.29, 0.717) is 12.4 Å². The van der Waals surface area contributed by atoms with Crippen molar-refractivity contribution < 1.29 is 4.74 Å². The maximum atomic E-state index is 5.04. The van der Waals surface area contributed by atoms with Crippen LogP contribution in [-0.2, 0) is 4.74 Å². The van der Waals surface area contributed by atoms with Gasteiger partial charge in [-0.2, -0.15) is 0 Å². The lowest BCUT2D eigenvalue weighted by Gasteiger charge is -2.02. The van der Waals surface area contributed by atoms with Crippen LogP contribution in [0.1, 0.15) is 6.92 Å². The maximum Gasteiger partial charge on any atom is 0.112 e. The molecule has 0 unspecified atom stereocenters. The fourth-order valence-corrected chi connectivity index (χ4v) is 0.275. The number of hydrogen-bond donors (Lipinski definition) is 0. The second kappa shape index (κ2) is 3.96. The van der Waals surface area contributed by atoms with E-state index < -0.39 is 0 Å². The molecule has 0 N–H and O–H groups in total. The fraction of sp³-hybridized carbons (Fsp3) is 0.250. The lowest BCUT2D eigenvalue weighted by atomic mass is 10.4. The summed E-state index contributed by atoms with van der Waals surface area (Å²) in [6.45, 7) is 13.1. The minimum absolute atomic E-state index is 0.533. The highest BCUT2D eigenvalue weighted by molar-refractivity contribution is 5.03. The minimum Gasteiger partial charge on any atom is -0.490 e. The van der Waals surface area contributed by atoms with Gasteiger partial charge in [0.2, 0.25) is 0 Å². The molecule has 0 aromatic carbocycles. The molecule has 1 nitrogen and oxygen atoms in total. The molecule has 0 fully saturated rings. The molecular weight excluding hydrogens is 112 g/mol. The molecule has 0 aliphatic carbocycles. The smallest absolute Gasteiger partial charge is 0.112 e. The first-order chi connectivity index (χ1) is 4.16. The Morgan fingerprint density at radius 1 is 1.56 bits per heavy atom. The monoisotopic (exact) mass is 124 g/mol. The summed E-state index contributed by atoms with van der Waals surface area (Å²) in [5, 5.41) is 0. The van der Waals surface area contributed by atoms with Gasteiger partial charge in [-0.1, -0.05) is 19.7 Å². The Bertz CT molecular complexity index is 134. The van der Waals surface area contributed by atoms with Crippen molar-refractivity contribution in [1.29, 1.82) is 0 Å². The van der Waals surface area contributed by atoms with Gasteiger partial charge in [-0.3, -0.25) is 0 Å². The van der Waals surface area contributed by atoms with Gasteiger partial charge in [-0.25, -0.2) is 0 Å². The van der Waals surface area contributed by atoms with Crippen LogP contribution >= 0.6 is 0 Å². The zero-order valence-electron chi connectivity index (χ0n) is 5.81. The topological polar surface area (TPSA) is 9.23 Å². The Balaban J connectivity index is 3.39. The zero-order valence-corrected chi connectivity index (χ0v) is 5.81. The molecule has 0 rings (SSSR count). The van der Waals surface area contributed by atoms with Crippen LogP contribution in [0.2, 0.25) is 0 Å². The van der Waals surface area contributed by atoms with Gasteiger partial charge in [0, 0.05) is 0 Å². The third kappa shape index (κ3) is 4.88. The van der Waals surface area contributed by atoms with Crippen molar-refractivity contribution in [3.63, 3.8) is 0 Å². The molecule has 0 heterocycles. The molecule has 0 amide bonds. The fourth-order valence-electron chi connectivity index (χ4n) is 0.275. The van der Waals surface area contributed by atoms with Crippen molar-refractivity contribution in [2.75, 3.05) is 6.61 Å². The van der Waals surface area contributed by atoms with Crippen LogP contribution < -0.4 is 0 Å². The second-order valence-electron chi connectivity index (χ2n) is 1.92. The average molecular weight is 124 g/mol. The van der Waals surface area contributed by atoms with Gasteiger partial charge in [0.05, 0.1) is 0 Å². The Labute approximate surface area is 56.3 Å². The Hall–Kier alpha value is -0.980. The molecule has 0 radical (unpaired) electrons. The molecule has 0 atom stereocenters. The number of hydrogen-bond acceptors (Lipinski definition) is 1. The Morgan fingerprint density at radius 2 is 2.11 bits per heavy atom. The van der Waals surface area contributed by atoms with E-state index in [0.717, 1.165) is 5.57 Å². The van der Waals surface area contributed by atoms with Crippen LogP contribution in [0.3, 0.4) is 0 Å². The van der Waals surface area contributed by atoms with Crippen molar-refractivity contribution >= 4 is 0 Å². The van der Waals surface area contributed by atoms with E-state index >= 15 is 0 Å². The molecule has 0 saturated carbocycles. The van der Waals surface area contributed by atoms with E-state index in [2.05, 4.69) is 19.7 Å². The van der Waals surface area contributed by atoms with Crippen molar-refractivity contribution in [2.24, 2.45) is 0 Å². The maximum absolute atomic E-state index is 5.04. The summed E-state index contributed by atoms with van der Waals surface area (Å²) in [6.07, 6.45) is 1.57. The summed E-state index contributed by atoms with van der Waals surface area (Å²) in [7, 11) is 0. The van der Waals surface area contributed by atoms with Gasteiger partial charge in [0.25, 0.3) is 0 Å². The van der Waals surface area contributed by atoms with E-state index in [4.69, 9.17) is 4.74 Å². The second-order valence-corrected chi connectivity index (χ2v) is 1.92. The zero-order chi connectivity index (χ0) is 7.28. The lowest BCUT2D eigenvalue weighted by molar-refractivity contribution is 0.255. The standard InChI is InChI=1S/C8H12O/c1-5-8(4)9-6-7(2)3/h5H,1-2,4,6H2,3H3. The first-order valence-corrected chi connectivity index (χ1v) is 2.75. The largest absolute Gasteiger partial charge is 0.490 e. The van der Waals surface area contributed by atoms with Crippen LogP contribution in [0.4, 0.5) is 0 Å². The van der Waals surface area contributed by atoms with E-state index in [1.165, 1.54) is 0 Å². The molecule has 0 aromatic heterocycles. The van der Waals surface area contributed by atoms with Crippen molar-refractivity contribution in [3.8, 4) is 0 Å². The summed E-state index contributed by atoms with van der Waals surface area (Å²) >= 11 is 0. The van der Waals surface area contributed by atoms with Crippen LogP contribution in [0.5, 0.6) is 0 Å². The molecule has 9 heavy (non-hydrogen) atoms. The SMILES string of the molecule is C=CC(=C)OCC(=C)C. The summed E-state index contributed by atoms with van der Waals surface area (Å²) < 4.78 is 5.04. The highest BCUT2D eigenvalue weighted by Crippen LogP contribution is 1.96. The lowest BCUT2D eigenvalue weighted by Crippen LogP contribution is -1.91. The molecule has 0 bridgehead atoms. The van der Waals surface area contributed by atoms with Crippen molar-refractivity contribution in [2.45, 2.75) is 6.92 Å². The predicted molar refractivity (Wildman–Crippen MR) is 40.1 cm³/mol. The number of allylic oxidation sites excluding steroid dienone is 1. The number of rotatable bonds is 4. The van der Waals surface area contributed by atoms with Gasteiger partial charge in [-0.05, 0) is 18.6 Å². The van der Waals surface area contributed by atoms with Gasteiger partial charge in [-0.15, -0.1) is 0 Å². The third-order valence-electron chi connectivity index (χ3n) is 0.732. The van der Waals surface area contributed by atoms with E-state index in [1.807, 2.05) is 6.92 Å². The first-order valence-electron chi connectivity index (χ1n) is 2.75. The quantitative estimate of drug-likeness (QED) is 0.317. The molecule has 0 saturated heterocycles. The molecule has 0 aliphatic rings. The Kier molecular flexibility index (Phi) is 3.52. The molecule has 0 aromatic rings. The van der Waals surface area contributed by atoms with Gasteiger partial charge in [0.1, 0.15) is 12.4 Å². The van der Waals surface area contributed by atoms with Crippen LogP contribution in [0, 0.1) is 0 Å². The normalized spacial score (nSPS) is 8.11. The number of ether oxygens (including phenoxy) is 1. The van der Waals surface area contributed by atoms with Crippen molar-refractivity contribution in [1.82, 2.24) is 0 Å². The molecular formula is C8H12O. The highest BCUT2D eigenvalue weighted by atomic mass is 16.5. The van der Waals surface area contributed by atoms with E-state index in [-0.39, 0.29) is 0 Å². The van der Waals surface area contributed by atoms with E-state index in [1.54, 1.807) is 6.08 Å². The molecule has 1 heteroatoms. The van der Waals surface area contributed by atoms with Crippen LogP contribution in [0.15, 0.2) is 37.1 Å². The molecule has 50 valence electrons. The van der Waals surface area contributed by atoms with Gasteiger partial charge < -0.3 is 4.74 Å². The third-order valence-corrected chi connectivity index (χ3v) is 0.732. The van der Waals surface area contributed by atoms with Gasteiger partial charge in [0.15, 0.2) is 0 Å². The summed E-state index contributed by atoms with van der Waals surface area (Å²) in [6, 6.07) is 0. The highest BCUT2D eigenvalue weighted by Gasteiger charge is 1.86. The summed E-state index contributed by atoms with van der Waals surface area (Å²) in [5.74, 6) is 0.595. The van der Waals surface area contributed by atoms with Crippen LogP contribution in [-0.4, -0.2) is 6.61 Å². The molecule has 0 aliphatic heterocycles. The van der Waals surface area contributed by atoms with Crippen LogP contribution in [0.25, 0.3) is 0 Å². The molecule has 0 spiro atoms.